The van der Waals surface area contributed by atoms with Crippen LogP contribution < -0.4 is 4.90 Å². The maximum atomic E-state index is 13.3. The number of hydrogen-bond donors (Lipinski definition) is 0. The van der Waals surface area contributed by atoms with Gasteiger partial charge in [0.1, 0.15) is 4.90 Å². The quantitative estimate of drug-likeness (QED) is 0.659. The number of sulfonamides is 1. The van der Waals surface area contributed by atoms with Gasteiger partial charge in [0.2, 0.25) is 21.8 Å². The number of amides is 2. The fourth-order valence-corrected chi connectivity index (χ4v) is 6.54. The molecule has 1 atom stereocenters. The standard InChI is InChI=1S/C23H31N5O4S/c1-5-28-18(4)22(17(3)24-28)33(31,32)26-12-10-25(11-13-26)23(30)19-14-21(29)27(15-19)20-8-6-16(2)7-9-20/h6-9,19H,5,10-15H2,1-4H3/t19-/m1/s1. The van der Waals surface area contributed by atoms with Crippen molar-refractivity contribution in [1.82, 2.24) is 19.0 Å². The van der Waals surface area contributed by atoms with E-state index in [-0.39, 0.29) is 36.2 Å². The van der Waals surface area contributed by atoms with Gasteiger partial charge in [-0.1, -0.05) is 17.7 Å². The molecule has 2 aromatic rings. The molecule has 1 aromatic carbocycles. The number of aryl methyl sites for hydroxylation is 3. The molecule has 9 nitrogen and oxygen atoms in total. The van der Waals surface area contributed by atoms with Crippen LogP contribution in [0.4, 0.5) is 5.69 Å². The number of rotatable bonds is 5. The molecule has 2 aliphatic rings. The minimum Gasteiger partial charge on any atom is -0.340 e. The molecule has 2 amide bonds. The Kier molecular flexibility index (Phi) is 6.32. The lowest BCUT2D eigenvalue weighted by Crippen LogP contribution is -2.52. The lowest BCUT2D eigenvalue weighted by Gasteiger charge is -2.35. The Morgan fingerprint density at radius 1 is 1.06 bits per heavy atom. The summed E-state index contributed by atoms with van der Waals surface area (Å²) in [6.07, 6.45) is 0.180. The Balaban J connectivity index is 1.41. The van der Waals surface area contributed by atoms with Crippen molar-refractivity contribution in [2.24, 2.45) is 5.92 Å². The molecule has 2 saturated heterocycles. The van der Waals surface area contributed by atoms with Gasteiger partial charge in [-0.3, -0.25) is 14.3 Å². The van der Waals surface area contributed by atoms with Crippen molar-refractivity contribution >= 4 is 27.5 Å². The summed E-state index contributed by atoms with van der Waals surface area (Å²) in [6, 6.07) is 7.69. The molecule has 2 fully saturated rings. The average molecular weight is 474 g/mol. The number of anilines is 1. The van der Waals surface area contributed by atoms with Gasteiger partial charge in [-0.05, 0) is 39.8 Å². The van der Waals surface area contributed by atoms with Gasteiger partial charge in [0, 0.05) is 51.4 Å². The third-order valence-electron chi connectivity index (χ3n) is 6.58. The lowest BCUT2D eigenvalue weighted by molar-refractivity contribution is -0.136. The van der Waals surface area contributed by atoms with Gasteiger partial charge in [-0.15, -0.1) is 0 Å². The number of piperazine rings is 1. The molecule has 178 valence electrons. The maximum absolute atomic E-state index is 13.3. The Morgan fingerprint density at radius 3 is 2.27 bits per heavy atom. The molecular formula is C23H31N5O4S. The van der Waals surface area contributed by atoms with Crippen LogP contribution >= 0.6 is 0 Å². The van der Waals surface area contributed by atoms with E-state index in [1.807, 2.05) is 38.1 Å². The molecule has 0 bridgehead atoms. The first kappa shape index (κ1) is 23.4. The van der Waals surface area contributed by atoms with E-state index in [0.717, 1.165) is 11.3 Å². The zero-order valence-corrected chi connectivity index (χ0v) is 20.4. The number of aromatic nitrogens is 2. The third kappa shape index (κ3) is 4.29. The molecule has 0 unspecified atom stereocenters. The highest BCUT2D eigenvalue weighted by atomic mass is 32.2. The molecule has 0 saturated carbocycles. The second-order valence-corrected chi connectivity index (χ2v) is 10.7. The summed E-state index contributed by atoms with van der Waals surface area (Å²) in [5.74, 6) is -0.548. The van der Waals surface area contributed by atoms with E-state index >= 15 is 0 Å². The van der Waals surface area contributed by atoms with Crippen LogP contribution in [0.25, 0.3) is 0 Å². The molecule has 2 aliphatic heterocycles. The summed E-state index contributed by atoms with van der Waals surface area (Å²) in [5.41, 5.74) is 3.04. The van der Waals surface area contributed by atoms with E-state index in [4.69, 9.17) is 0 Å². The van der Waals surface area contributed by atoms with Gasteiger partial charge in [-0.25, -0.2) is 8.42 Å². The summed E-state index contributed by atoms with van der Waals surface area (Å²) < 4.78 is 29.7. The number of hydrogen-bond acceptors (Lipinski definition) is 5. The van der Waals surface area contributed by atoms with E-state index < -0.39 is 15.9 Å². The first-order valence-corrected chi connectivity index (χ1v) is 12.8. The third-order valence-corrected chi connectivity index (χ3v) is 8.73. The number of carbonyl (C=O) groups is 2. The predicted molar refractivity (Wildman–Crippen MR) is 124 cm³/mol. The molecule has 0 radical (unpaired) electrons. The zero-order chi connectivity index (χ0) is 23.9. The number of nitrogens with zero attached hydrogens (tertiary/aromatic N) is 5. The van der Waals surface area contributed by atoms with Crippen LogP contribution in [0.5, 0.6) is 0 Å². The van der Waals surface area contributed by atoms with Crippen LogP contribution in [0.3, 0.4) is 0 Å². The van der Waals surface area contributed by atoms with E-state index in [1.165, 1.54) is 4.31 Å². The van der Waals surface area contributed by atoms with Crippen LogP contribution in [0, 0.1) is 26.7 Å². The van der Waals surface area contributed by atoms with Crippen molar-refractivity contribution in [3.8, 4) is 0 Å². The topological polar surface area (TPSA) is 95.8 Å². The van der Waals surface area contributed by atoms with Gasteiger partial charge in [0.15, 0.2) is 0 Å². The van der Waals surface area contributed by atoms with Crippen LogP contribution in [0.1, 0.15) is 30.3 Å². The molecule has 0 N–H and O–H groups in total. The van der Waals surface area contributed by atoms with Crippen molar-refractivity contribution in [3.05, 3.63) is 41.2 Å². The average Bonchev–Trinajstić information content (AvgIpc) is 3.32. The molecule has 10 heteroatoms. The smallest absolute Gasteiger partial charge is 0.246 e. The van der Waals surface area contributed by atoms with Crippen LogP contribution in [0.2, 0.25) is 0 Å². The Bertz CT molecular complexity index is 1160. The van der Waals surface area contributed by atoms with Crippen LogP contribution in [0.15, 0.2) is 29.2 Å². The highest BCUT2D eigenvalue weighted by Gasteiger charge is 2.39. The molecule has 3 heterocycles. The van der Waals surface area contributed by atoms with Crippen LogP contribution in [-0.2, 0) is 26.2 Å². The fraction of sp³-hybridized carbons (Fsp3) is 0.522. The Morgan fingerprint density at radius 2 is 1.70 bits per heavy atom. The molecule has 0 aliphatic carbocycles. The van der Waals surface area contributed by atoms with Gasteiger partial charge < -0.3 is 9.80 Å². The van der Waals surface area contributed by atoms with Crippen molar-refractivity contribution in [2.45, 2.75) is 45.6 Å². The Labute approximate surface area is 195 Å². The van der Waals surface area contributed by atoms with Gasteiger partial charge in [-0.2, -0.15) is 9.40 Å². The molecular weight excluding hydrogens is 442 g/mol. The van der Waals surface area contributed by atoms with Gasteiger partial charge in [0.05, 0.1) is 17.3 Å². The minimum absolute atomic E-state index is 0.0581. The molecule has 33 heavy (non-hydrogen) atoms. The summed E-state index contributed by atoms with van der Waals surface area (Å²) in [4.78, 5) is 29.3. The van der Waals surface area contributed by atoms with Gasteiger partial charge in [0.25, 0.3) is 0 Å². The highest BCUT2D eigenvalue weighted by molar-refractivity contribution is 7.89. The summed E-state index contributed by atoms with van der Waals surface area (Å²) in [7, 11) is -3.69. The van der Waals surface area contributed by atoms with Crippen molar-refractivity contribution in [1.29, 1.82) is 0 Å². The maximum Gasteiger partial charge on any atom is 0.246 e. The normalized spacial score (nSPS) is 20.0. The SMILES string of the molecule is CCn1nc(C)c(S(=O)(=O)N2CCN(C(=O)[C@@H]3CC(=O)N(c4ccc(C)cc4)C3)CC2)c1C. The summed E-state index contributed by atoms with van der Waals surface area (Å²) >= 11 is 0. The second-order valence-electron chi connectivity index (χ2n) is 8.79. The van der Waals surface area contributed by atoms with Crippen molar-refractivity contribution in [3.63, 3.8) is 0 Å². The highest BCUT2D eigenvalue weighted by Crippen LogP contribution is 2.28. The summed E-state index contributed by atoms with van der Waals surface area (Å²) in [5, 5.41) is 4.34. The number of carbonyl (C=O) groups excluding carboxylic acids is 2. The van der Waals surface area contributed by atoms with Crippen LogP contribution in [-0.4, -0.2) is 71.9 Å². The van der Waals surface area contributed by atoms with Gasteiger partial charge >= 0.3 is 0 Å². The zero-order valence-electron chi connectivity index (χ0n) is 19.6. The first-order valence-electron chi connectivity index (χ1n) is 11.3. The van der Waals surface area contributed by atoms with Crippen molar-refractivity contribution < 1.29 is 18.0 Å². The lowest BCUT2D eigenvalue weighted by atomic mass is 10.1. The van der Waals surface area contributed by atoms with Crippen molar-refractivity contribution in [2.75, 3.05) is 37.6 Å². The van der Waals surface area contributed by atoms with E-state index in [2.05, 4.69) is 5.10 Å². The molecule has 0 spiro atoms. The van der Waals surface area contributed by atoms with E-state index in [0.29, 0.717) is 37.6 Å². The molecule has 4 rings (SSSR count). The largest absolute Gasteiger partial charge is 0.340 e. The minimum atomic E-state index is -3.69. The predicted octanol–water partition coefficient (Wildman–Crippen LogP) is 1.71. The van der Waals surface area contributed by atoms with E-state index in [1.54, 1.807) is 28.3 Å². The monoisotopic (exact) mass is 473 g/mol. The van der Waals surface area contributed by atoms with E-state index in [9.17, 15) is 18.0 Å². The summed E-state index contributed by atoms with van der Waals surface area (Å²) in [6.45, 7) is 9.43. The Hall–Kier alpha value is -2.72. The fourth-order valence-electron chi connectivity index (χ4n) is 4.75. The second kappa shape index (κ2) is 8.90. The molecule has 1 aromatic heterocycles. The number of benzene rings is 1. The first-order chi connectivity index (χ1) is 15.6.